The first-order chi connectivity index (χ1) is 16.0. The smallest absolute Gasteiger partial charge is 0.160 e. The number of piperidine rings is 1. The maximum Gasteiger partial charge on any atom is 0.160 e. The van der Waals surface area contributed by atoms with Crippen LogP contribution in [0, 0.1) is 12.7 Å². The molecule has 0 radical (unpaired) electrons. The van der Waals surface area contributed by atoms with E-state index in [-0.39, 0.29) is 5.82 Å². The summed E-state index contributed by atoms with van der Waals surface area (Å²) >= 11 is 1.43. The summed E-state index contributed by atoms with van der Waals surface area (Å²) in [5, 5.41) is 0. The normalized spacial score (nSPS) is 21.1. The van der Waals surface area contributed by atoms with Crippen LogP contribution < -0.4 is 0 Å². The Morgan fingerprint density at radius 2 is 1.73 bits per heavy atom. The highest BCUT2D eigenvalue weighted by molar-refractivity contribution is 7.17. The van der Waals surface area contributed by atoms with Gasteiger partial charge in [-0.3, -0.25) is 4.79 Å². The number of carbonyl (C=O) groups excluding carboxylic acids is 1. The van der Waals surface area contributed by atoms with Gasteiger partial charge in [0.15, 0.2) is 6.29 Å². The number of nitrogens with zero attached hydrogens (tertiary/aromatic N) is 2. The van der Waals surface area contributed by atoms with Crippen molar-refractivity contribution < 1.29 is 13.9 Å². The Hall–Kier alpha value is -1.60. The molecule has 0 bridgehead atoms. The molecule has 3 aliphatic heterocycles. The fourth-order valence-corrected chi connectivity index (χ4v) is 6.25. The first-order valence-corrected chi connectivity index (χ1v) is 13.2. The van der Waals surface area contributed by atoms with Crippen molar-refractivity contribution in [1.29, 1.82) is 0 Å². The molecule has 1 aromatic carbocycles. The monoisotopic (exact) mass is 472 g/mol. The van der Waals surface area contributed by atoms with E-state index in [1.807, 2.05) is 25.1 Å². The van der Waals surface area contributed by atoms with Gasteiger partial charge < -0.3 is 14.5 Å². The molecule has 0 aliphatic carbocycles. The van der Waals surface area contributed by atoms with E-state index >= 15 is 0 Å². The van der Waals surface area contributed by atoms with Crippen LogP contribution in [-0.2, 0) is 4.74 Å². The van der Waals surface area contributed by atoms with Crippen LogP contribution in [0.15, 0.2) is 24.3 Å². The summed E-state index contributed by atoms with van der Waals surface area (Å²) in [7, 11) is 2.17. The van der Waals surface area contributed by atoms with Crippen LogP contribution in [0.1, 0.15) is 65.2 Å². The zero-order valence-electron chi connectivity index (χ0n) is 20.0. The maximum atomic E-state index is 14.9. The number of hydrogen-bond acceptors (Lipinski definition) is 5. The fourth-order valence-electron chi connectivity index (χ4n) is 5.27. The van der Waals surface area contributed by atoms with Crippen LogP contribution >= 0.6 is 11.3 Å². The Balaban J connectivity index is 0.000000376. The second-order valence-electron chi connectivity index (χ2n) is 9.68. The number of benzene rings is 1. The van der Waals surface area contributed by atoms with Crippen LogP contribution in [0.5, 0.6) is 0 Å². The Kier molecular flexibility index (Phi) is 8.69. The van der Waals surface area contributed by atoms with Gasteiger partial charge in [0.05, 0.1) is 4.88 Å². The molecule has 33 heavy (non-hydrogen) atoms. The summed E-state index contributed by atoms with van der Waals surface area (Å²) < 4.78 is 20.3. The summed E-state index contributed by atoms with van der Waals surface area (Å²) in [4.78, 5) is 17.7. The van der Waals surface area contributed by atoms with Gasteiger partial charge in [-0.2, -0.15) is 0 Å². The largest absolute Gasteiger partial charge is 0.381 e. The van der Waals surface area contributed by atoms with Crippen LogP contribution in [-0.4, -0.2) is 68.6 Å². The SMILES string of the molecule is CN1CCCC1.Cc1cc(-c2ccc(C3CCN(C4CCOCC4)CC3)c(F)c2)sc1C=O. The summed E-state index contributed by atoms with van der Waals surface area (Å²) in [5.41, 5.74) is 2.65. The van der Waals surface area contributed by atoms with E-state index in [4.69, 9.17) is 4.74 Å². The minimum absolute atomic E-state index is 0.115. The number of halogens is 1. The molecular weight excluding hydrogens is 435 g/mol. The van der Waals surface area contributed by atoms with Crippen molar-refractivity contribution in [2.24, 2.45) is 0 Å². The predicted molar refractivity (Wildman–Crippen MR) is 134 cm³/mol. The van der Waals surface area contributed by atoms with Crippen LogP contribution in [0.3, 0.4) is 0 Å². The van der Waals surface area contributed by atoms with Crippen molar-refractivity contribution in [1.82, 2.24) is 9.80 Å². The molecule has 4 nitrogen and oxygen atoms in total. The molecular formula is C27H37FN2O2S. The minimum Gasteiger partial charge on any atom is -0.381 e. The molecule has 4 heterocycles. The van der Waals surface area contributed by atoms with Gasteiger partial charge in [0, 0.05) is 24.1 Å². The number of carbonyl (C=O) groups is 1. The van der Waals surface area contributed by atoms with Crippen LogP contribution in [0.4, 0.5) is 4.39 Å². The van der Waals surface area contributed by atoms with Crippen molar-refractivity contribution in [3.63, 3.8) is 0 Å². The molecule has 5 rings (SSSR count). The van der Waals surface area contributed by atoms with Crippen molar-refractivity contribution >= 4 is 17.6 Å². The van der Waals surface area contributed by atoms with Gasteiger partial charge in [0.2, 0.25) is 0 Å². The fraction of sp³-hybridized carbons (Fsp3) is 0.593. The molecule has 3 fully saturated rings. The Morgan fingerprint density at radius 1 is 1.03 bits per heavy atom. The summed E-state index contributed by atoms with van der Waals surface area (Å²) in [6.07, 6.45) is 7.98. The molecule has 1 aromatic heterocycles. The molecule has 3 saturated heterocycles. The zero-order chi connectivity index (χ0) is 23.2. The van der Waals surface area contributed by atoms with E-state index in [0.29, 0.717) is 12.0 Å². The lowest BCUT2D eigenvalue weighted by molar-refractivity contribution is 0.0250. The number of ether oxygens (including phenoxy) is 1. The Morgan fingerprint density at radius 3 is 2.27 bits per heavy atom. The van der Waals surface area contributed by atoms with Crippen LogP contribution in [0.25, 0.3) is 10.4 Å². The third kappa shape index (κ3) is 6.30. The molecule has 0 amide bonds. The summed E-state index contributed by atoms with van der Waals surface area (Å²) in [5.74, 6) is 0.182. The minimum atomic E-state index is -0.115. The van der Waals surface area contributed by atoms with Crippen molar-refractivity contribution in [2.75, 3.05) is 46.4 Å². The van der Waals surface area contributed by atoms with E-state index in [9.17, 15) is 9.18 Å². The average molecular weight is 473 g/mol. The number of aldehydes is 1. The lowest BCUT2D eigenvalue weighted by Gasteiger charge is -2.39. The van der Waals surface area contributed by atoms with E-state index in [0.717, 1.165) is 84.7 Å². The number of hydrogen-bond donors (Lipinski definition) is 0. The molecule has 0 unspecified atom stereocenters. The second kappa shape index (κ2) is 11.7. The maximum absolute atomic E-state index is 14.9. The topological polar surface area (TPSA) is 32.8 Å². The van der Waals surface area contributed by atoms with E-state index in [1.54, 1.807) is 6.07 Å². The molecule has 0 N–H and O–H groups in total. The number of aryl methyl sites for hydroxylation is 1. The number of likely N-dealkylation sites (tertiary alicyclic amines) is 2. The molecule has 6 heteroatoms. The molecule has 180 valence electrons. The van der Waals surface area contributed by atoms with Crippen molar-refractivity contribution in [2.45, 2.75) is 57.4 Å². The van der Waals surface area contributed by atoms with Gasteiger partial charge in [0.1, 0.15) is 5.82 Å². The van der Waals surface area contributed by atoms with Crippen molar-refractivity contribution in [3.05, 3.63) is 46.1 Å². The molecule has 0 spiro atoms. The first-order valence-electron chi connectivity index (χ1n) is 12.4. The highest BCUT2D eigenvalue weighted by atomic mass is 32.1. The number of thiophene rings is 1. The highest BCUT2D eigenvalue weighted by Gasteiger charge is 2.28. The molecule has 0 atom stereocenters. The highest BCUT2D eigenvalue weighted by Crippen LogP contribution is 2.35. The summed E-state index contributed by atoms with van der Waals surface area (Å²) in [6.45, 7) is 8.39. The van der Waals surface area contributed by atoms with Gasteiger partial charge in [-0.25, -0.2) is 4.39 Å². The number of rotatable bonds is 4. The average Bonchev–Trinajstić information content (AvgIpc) is 3.48. The van der Waals surface area contributed by atoms with Gasteiger partial charge in [-0.1, -0.05) is 12.1 Å². The molecule has 0 saturated carbocycles. The third-order valence-electron chi connectivity index (χ3n) is 7.35. The van der Waals surface area contributed by atoms with Gasteiger partial charge in [-0.05, 0) is 113 Å². The van der Waals surface area contributed by atoms with Crippen molar-refractivity contribution in [3.8, 4) is 10.4 Å². The van der Waals surface area contributed by atoms with E-state index in [2.05, 4.69) is 16.8 Å². The Labute approximate surface area is 201 Å². The van der Waals surface area contributed by atoms with Gasteiger partial charge >= 0.3 is 0 Å². The third-order valence-corrected chi connectivity index (χ3v) is 8.57. The predicted octanol–water partition coefficient (Wildman–Crippen LogP) is 5.75. The molecule has 2 aromatic rings. The van der Waals surface area contributed by atoms with E-state index < -0.39 is 0 Å². The quantitative estimate of drug-likeness (QED) is 0.531. The zero-order valence-corrected chi connectivity index (χ0v) is 20.8. The summed E-state index contributed by atoms with van der Waals surface area (Å²) in [6, 6.07) is 8.20. The second-order valence-corrected chi connectivity index (χ2v) is 10.8. The lowest BCUT2D eigenvalue weighted by Crippen LogP contribution is -2.43. The Bertz CT molecular complexity index is 911. The van der Waals surface area contributed by atoms with Gasteiger partial charge in [0.25, 0.3) is 0 Å². The van der Waals surface area contributed by atoms with Crippen LogP contribution in [0.2, 0.25) is 0 Å². The van der Waals surface area contributed by atoms with E-state index in [1.165, 1.54) is 37.3 Å². The molecule has 3 aliphatic rings. The standard InChI is InChI=1S/C22H26FNO2S.C5H11N/c1-15-12-21(27-22(15)14-25)17-2-3-19(20(23)13-17)16-4-8-24(9-5-16)18-6-10-26-11-7-18;1-6-4-2-3-5-6/h2-3,12-14,16,18H,4-11H2,1H3;2-5H2,1H3. The van der Waals surface area contributed by atoms with Gasteiger partial charge in [-0.15, -0.1) is 11.3 Å². The first kappa shape index (κ1) is 24.5. The lowest BCUT2D eigenvalue weighted by atomic mass is 9.87.